The molecule has 1 aromatic carbocycles. The number of anilines is 1. The molecule has 0 saturated heterocycles. The molecule has 0 saturated carbocycles. The minimum absolute atomic E-state index is 0.140. The summed E-state index contributed by atoms with van der Waals surface area (Å²) in [6, 6.07) is 10.3. The van der Waals surface area contributed by atoms with Crippen LogP contribution in [0.2, 0.25) is 0 Å². The van der Waals surface area contributed by atoms with Crippen molar-refractivity contribution in [3.05, 3.63) is 60.2 Å². The fourth-order valence-corrected chi connectivity index (χ4v) is 2.30. The lowest BCUT2D eigenvalue weighted by atomic mass is 10.1. The molecule has 116 valence electrons. The van der Waals surface area contributed by atoms with Crippen LogP contribution in [-0.4, -0.2) is 35.6 Å². The monoisotopic (exact) mass is 318 g/mol. The van der Waals surface area contributed by atoms with Crippen LogP contribution < -0.4 is 10.6 Å². The van der Waals surface area contributed by atoms with Gasteiger partial charge < -0.3 is 15.5 Å². The summed E-state index contributed by atoms with van der Waals surface area (Å²) in [7, 11) is 4.00. The van der Waals surface area contributed by atoms with Gasteiger partial charge in [-0.05, 0) is 56.1 Å². The number of pyridine rings is 1. The lowest BCUT2D eigenvalue weighted by Gasteiger charge is -2.25. The Balaban J connectivity index is 1.94. The maximum Gasteiger partial charge on any atom is 0.170 e. The number of nitrogens with zero attached hydrogens (tertiary/aromatic N) is 2. The normalized spacial score (nSPS) is 12.0. The van der Waals surface area contributed by atoms with Crippen molar-refractivity contribution in [2.75, 3.05) is 26.0 Å². The van der Waals surface area contributed by atoms with Gasteiger partial charge in [0.1, 0.15) is 5.82 Å². The molecule has 0 unspecified atom stereocenters. The van der Waals surface area contributed by atoms with E-state index in [2.05, 4.69) is 20.5 Å². The minimum Gasteiger partial charge on any atom is -0.361 e. The molecule has 0 amide bonds. The highest BCUT2D eigenvalue weighted by atomic mass is 32.1. The van der Waals surface area contributed by atoms with Gasteiger partial charge in [0.15, 0.2) is 5.11 Å². The molecule has 0 bridgehead atoms. The maximum atomic E-state index is 13.1. The second kappa shape index (κ2) is 7.82. The molecule has 0 aliphatic heterocycles. The molecule has 2 aromatic rings. The van der Waals surface area contributed by atoms with E-state index in [1.807, 2.05) is 32.4 Å². The van der Waals surface area contributed by atoms with Gasteiger partial charge in [0.25, 0.3) is 0 Å². The summed E-state index contributed by atoms with van der Waals surface area (Å²) >= 11 is 5.26. The van der Waals surface area contributed by atoms with Gasteiger partial charge in [0.05, 0.1) is 6.04 Å². The highest BCUT2D eigenvalue weighted by Gasteiger charge is 2.14. The molecule has 1 aromatic heterocycles. The molecule has 0 fully saturated rings. The molecule has 0 radical (unpaired) electrons. The predicted octanol–water partition coefficient (Wildman–Crippen LogP) is 2.81. The van der Waals surface area contributed by atoms with Crippen LogP contribution in [0, 0.1) is 5.82 Å². The number of halogens is 1. The first-order valence-electron chi connectivity index (χ1n) is 6.93. The van der Waals surface area contributed by atoms with Gasteiger partial charge in [0, 0.05) is 24.6 Å². The summed E-state index contributed by atoms with van der Waals surface area (Å²) in [6.07, 6.45) is 3.59. The first-order chi connectivity index (χ1) is 10.6. The van der Waals surface area contributed by atoms with E-state index in [4.69, 9.17) is 12.2 Å². The van der Waals surface area contributed by atoms with Crippen molar-refractivity contribution in [3.63, 3.8) is 0 Å². The zero-order valence-electron chi connectivity index (χ0n) is 12.6. The van der Waals surface area contributed by atoms with Crippen LogP contribution in [0.1, 0.15) is 11.6 Å². The number of thiocarbonyl (C=S) groups is 1. The average Bonchev–Trinajstić information content (AvgIpc) is 2.48. The Morgan fingerprint density at radius 2 is 2.14 bits per heavy atom. The van der Waals surface area contributed by atoms with Gasteiger partial charge in [-0.15, -0.1) is 0 Å². The number of benzene rings is 1. The number of rotatable bonds is 5. The first kappa shape index (κ1) is 16.3. The standard InChI is InChI=1S/C16H19FN4S/c1-21(2)15(12-5-4-8-18-10-12)11-19-16(22)20-14-7-3-6-13(17)9-14/h3-10,15H,11H2,1-2H3,(H2,19,20,22)/t15-/m1/s1. The fraction of sp³-hybridized carbons (Fsp3) is 0.250. The van der Waals surface area contributed by atoms with Gasteiger partial charge in [-0.2, -0.15) is 0 Å². The van der Waals surface area contributed by atoms with E-state index in [0.29, 0.717) is 17.3 Å². The van der Waals surface area contributed by atoms with E-state index in [1.165, 1.54) is 12.1 Å². The lowest BCUT2D eigenvalue weighted by molar-refractivity contribution is 0.298. The van der Waals surface area contributed by atoms with Gasteiger partial charge in [0.2, 0.25) is 0 Å². The van der Waals surface area contributed by atoms with Crippen LogP contribution in [-0.2, 0) is 0 Å². The summed E-state index contributed by atoms with van der Waals surface area (Å²) in [4.78, 5) is 6.24. The molecule has 2 rings (SSSR count). The van der Waals surface area contributed by atoms with E-state index in [0.717, 1.165) is 5.56 Å². The number of hydrogen-bond acceptors (Lipinski definition) is 3. The third-order valence-corrected chi connectivity index (χ3v) is 3.48. The summed E-state index contributed by atoms with van der Waals surface area (Å²) in [5.74, 6) is -0.297. The van der Waals surface area contributed by atoms with Crippen molar-refractivity contribution >= 4 is 23.0 Å². The first-order valence-corrected chi connectivity index (χ1v) is 7.34. The number of nitrogens with one attached hydrogen (secondary N) is 2. The maximum absolute atomic E-state index is 13.1. The topological polar surface area (TPSA) is 40.2 Å². The van der Waals surface area contributed by atoms with Crippen molar-refractivity contribution in [1.29, 1.82) is 0 Å². The number of aromatic nitrogens is 1. The van der Waals surface area contributed by atoms with Crippen molar-refractivity contribution < 1.29 is 4.39 Å². The third-order valence-electron chi connectivity index (χ3n) is 3.23. The van der Waals surface area contributed by atoms with Crippen molar-refractivity contribution in [2.45, 2.75) is 6.04 Å². The molecule has 22 heavy (non-hydrogen) atoms. The molecule has 0 spiro atoms. The fourth-order valence-electron chi connectivity index (χ4n) is 2.10. The van der Waals surface area contributed by atoms with E-state index in [-0.39, 0.29) is 11.9 Å². The Kier molecular flexibility index (Phi) is 5.80. The summed E-state index contributed by atoms with van der Waals surface area (Å²) in [5, 5.41) is 6.59. The second-order valence-electron chi connectivity index (χ2n) is 5.11. The predicted molar refractivity (Wildman–Crippen MR) is 91.3 cm³/mol. The zero-order chi connectivity index (χ0) is 15.9. The summed E-state index contributed by atoms with van der Waals surface area (Å²) in [5.41, 5.74) is 1.73. The van der Waals surface area contributed by atoms with Crippen LogP contribution in [0.5, 0.6) is 0 Å². The molecule has 1 heterocycles. The van der Waals surface area contributed by atoms with E-state index >= 15 is 0 Å². The minimum atomic E-state index is -0.297. The Hall–Kier alpha value is -2.05. The third kappa shape index (κ3) is 4.75. The Morgan fingerprint density at radius 1 is 1.32 bits per heavy atom. The van der Waals surface area contributed by atoms with Crippen LogP contribution in [0.3, 0.4) is 0 Å². The SMILES string of the molecule is CN(C)[C@H](CNC(=S)Nc1cccc(F)c1)c1cccnc1. The highest BCUT2D eigenvalue weighted by molar-refractivity contribution is 7.80. The zero-order valence-corrected chi connectivity index (χ0v) is 13.4. The molecule has 0 aliphatic carbocycles. The quantitative estimate of drug-likeness (QED) is 0.830. The summed E-state index contributed by atoms with van der Waals surface area (Å²) in [6.45, 7) is 0.625. The van der Waals surface area contributed by atoms with Gasteiger partial charge in [-0.3, -0.25) is 4.98 Å². The van der Waals surface area contributed by atoms with Crippen molar-refractivity contribution in [2.24, 2.45) is 0 Å². The van der Waals surface area contributed by atoms with Crippen LogP contribution in [0.25, 0.3) is 0 Å². The molecule has 1 atom stereocenters. The molecule has 2 N–H and O–H groups in total. The van der Waals surface area contributed by atoms with Gasteiger partial charge in [-0.25, -0.2) is 4.39 Å². The van der Waals surface area contributed by atoms with Crippen LogP contribution in [0.15, 0.2) is 48.8 Å². The van der Waals surface area contributed by atoms with Gasteiger partial charge in [-0.1, -0.05) is 12.1 Å². The lowest BCUT2D eigenvalue weighted by Crippen LogP contribution is -2.36. The van der Waals surface area contributed by atoms with E-state index in [1.54, 1.807) is 18.3 Å². The van der Waals surface area contributed by atoms with Crippen LogP contribution in [0.4, 0.5) is 10.1 Å². The van der Waals surface area contributed by atoms with E-state index < -0.39 is 0 Å². The summed E-state index contributed by atoms with van der Waals surface area (Å²) < 4.78 is 13.1. The van der Waals surface area contributed by atoms with Gasteiger partial charge >= 0.3 is 0 Å². The molecule has 6 heteroatoms. The Labute approximate surface area is 135 Å². The van der Waals surface area contributed by atoms with Crippen molar-refractivity contribution in [3.8, 4) is 0 Å². The van der Waals surface area contributed by atoms with E-state index in [9.17, 15) is 4.39 Å². The smallest absolute Gasteiger partial charge is 0.170 e. The Bertz CT molecular complexity index is 619. The number of likely N-dealkylation sites (N-methyl/N-ethyl adjacent to an activating group) is 1. The average molecular weight is 318 g/mol. The number of hydrogen-bond donors (Lipinski definition) is 2. The Morgan fingerprint density at radius 3 is 2.77 bits per heavy atom. The van der Waals surface area contributed by atoms with Crippen molar-refractivity contribution in [1.82, 2.24) is 15.2 Å². The molecule has 0 aliphatic rings. The molecular weight excluding hydrogens is 299 g/mol. The highest BCUT2D eigenvalue weighted by Crippen LogP contribution is 2.16. The second-order valence-corrected chi connectivity index (χ2v) is 5.52. The molecule has 4 nitrogen and oxygen atoms in total. The largest absolute Gasteiger partial charge is 0.361 e. The van der Waals surface area contributed by atoms with Crippen LogP contribution >= 0.6 is 12.2 Å². The molecular formula is C16H19FN4S.